The normalized spacial score (nSPS) is 18.3. The zero-order valence-corrected chi connectivity index (χ0v) is 25.2. The van der Waals surface area contributed by atoms with E-state index in [-0.39, 0.29) is 41.0 Å². The van der Waals surface area contributed by atoms with Crippen molar-refractivity contribution >= 4 is 50.7 Å². The summed E-state index contributed by atoms with van der Waals surface area (Å²) in [5.41, 5.74) is 1.01. The lowest BCUT2D eigenvalue weighted by molar-refractivity contribution is -0.128. The highest BCUT2D eigenvalue weighted by Crippen LogP contribution is 2.44. The van der Waals surface area contributed by atoms with E-state index in [1.54, 1.807) is 12.1 Å². The summed E-state index contributed by atoms with van der Waals surface area (Å²) in [6, 6.07) is 6.53. The van der Waals surface area contributed by atoms with Gasteiger partial charge in [0.15, 0.2) is 5.78 Å². The van der Waals surface area contributed by atoms with Gasteiger partial charge < -0.3 is 16.0 Å². The number of sulfonamides is 1. The molecule has 2 aliphatic rings. The minimum atomic E-state index is -3.70. The number of amides is 2. The summed E-state index contributed by atoms with van der Waals surface area (Å²) in [5, 5.41) is 9.07. The van der Waals surface area contributed by atoms with E-state index in [2.05, 4.69) is 20.7 Å². The highest BCUT2D eigenvalue weighted by molar-refractivity contribution is 8.00. The first kappa shape index (κ1) is 29.7. The molecule has 212 valence electrons. The van der Waals surface area contributed by atoms with Gasteiger partial charge in [0, 0.05) is 25.1 Å². The van der Waals surface area contributed by atoms with Crippen LogP contribution in [0.1, 0.15) is 64.3 Å². The molecule has 39 heavy (non-hydrogen) atoms. The number of nitrogens with one attached hydrogen (secondary N) is 4. The lowest BCUT2D eigenvalue weighted by Crippen LogP contribution is -2.63. The van der Waals surface area contributed by atoms with E-state index in [1.807, 2.05) is 27.0 Å². The van der Waals surface area contributed by atoms with Crippen LogP contribution in [0.5, 0.6) is 0 Å². The number of piperidine rings is 1. The number of hydrogen-bond donors (Lipinski definition) is 4. The standard InChI is InChI=1S/C27H36N4O5S3/c1-17-5-7-18(8-6-17)39(35,36)30-14-13-29-25(34)27(9-11-28-12-10-27)31-23(33)22-19-15-26(2,3)16-20(32)21(19)24(37-4)38-22/h5-8,28,30H,9-16H2,1-4H3,(H,29,34)(H,31,33). The second-order valence-electron chi connectivity index (χ2n) is 11.0. The fourth-order valence-electron chi connectivity index (χ4n) is 5.15. The monoisotopic (exact) mass is 592 g/mol. The van der Waals surface area contributed by atoms with Crippen LogP contribution < -0.4 is 20.7 Å². The predicted octanol–water partition coefficient (Wildman–Crippen LogP) is 2.88. The Morgan fingerprint density at radius 2 is 1.74 bits per heavy atom. The Hall–Kier alpha value is -2.25. The quantitative estimate of drug-likeness (QED) is 0.260. The van der Waals surface area contributed by atoms with E-state index in [0.717, 1.165) is 15.3 Å². The molecule has 1 aliphatic heterocycles. The van der Waals surface area contributed by atoms with Crippen LogP contribution in [0.4, 0.5) is 0 Å². The summed E-state index contributed by atoms with van der Waals surface area (Å²) in [6.07, 6.45) is 3.75. The number of hydrogen-bond acceptors (Lipinski definition) is 8. The molecule has 9 nitrogen and oxygen atoms in total. The minimum absolute atomic E-state index is 0.0108. The number of carbonyl (C=O) groups excluding carboxylic acids is 3. The number of benzene rings is 1. The van der Waals surface area contributed by atoms with Gasteiger partial charge in [-0.15, -0.1) is 23.1 Å². The van der Waals surface area contributed by atoms with Gasteiger partial charge in [-0.2, -0.15) is 0 Å². The van der Waals surface area contributed by atoms with Gasteiger partial charge in [0.2, 0.25) is 15.9 Å². The Balaban J connectivity index is 1.46. The third-order valence-corrected chi connectivity index (χ3v) is 11.0. The topological polar surface area (TPSA) is 133 Å². The van der Waals surface area contributed by atoms with Crippen molar-refractivity contribution < 1.29 is 22.8 Å². The molecular formula is C27H36N4O5S3. The fourth-order valence-corrected chi connectivity index (χ4v) is 8.17. The van der Waals surface area contributed by atoms with Crippen molar-refractivity contribution in [3.05, 3.63) is 45.8 Å². The van der Waals surface area contributed by atoms with Crippen LogP contribution in [0.2, 0.25) is 0 Å². The molecule has 2 heterocycles. The number of thioether (sulfide) groups is 1. The molecule has 0 saturated carbocycles. The lowest BCUT2D eigenvalue weighted by Gasteiger charge is -2.37. The maximum absolute atomic E-state index is 13.7. The molecule has 1 aromatic carbocycles. The van der Waals surface area contributed by atoms with Crippen LogP contribution in [0.3, 0.4) is 0 Å². The third-order valence-electron chi connectivity index (χ3n) is 7.22. The summed E-state index contributed by atoms with van der Waals surface area (Å²) in [7, 11) is -3.70. The molecule has 0 radical (unpaired) electrons. The summed E-state index contributed by atoms with van der Waals surface area (Å²) in [6.45, 7) is 7.13. The molecule has 0 atom stereocenters. The van der Waals surface area contributed by atoms with Crippen molar-refractivity contribution in [2.75, 3.05) is 32.4 Å². The maximum atomic E-state index is 13.7. The Bertz CT molecular complexity index is 1360. The molecule has 1 saturated heterocycles. The van der Waals surface area contributed by atoms with Gasteiger partial charge in [0.1, 0.15) is 5.54 Å². The predicted molar refractivity (Wildman–Crippen MR) is 154 cm³/mol. The van der Waals surface area contributed by atoms with Crippen LogP contribution in [0, 0.1) is 12.3 Å². The largest absolute Gasteiger partial charge is 0.353 e. The van der Waals surface area contributed by atoms with Crippen molar-refractivity contribution in [3.63, 3.8) is 0 Å². The Labute approximate surface area is 238 Å². The molecule has 1 fully saturated rings. The summed E-state index contributed by atoms with van der Waals surface area (Å²) < 4.78 is 28.5. The van der Waals surface area contributed by atoms with Crippen molar-refractivity contribution in [2.24, 2.45) is 5.41 Å². The lowest BCUT2D eigenvalue weighted by atomic mass is 9.74. The van der Waals surface area contributed by atoms with Crippen LogP contribution >= 0.6 is 23.1 Å². The van der Waals surface area contributed by atoms with Crippen molar-refractivity contribution in [3.8, 4) is 0 Å². The zero-order valence-electron chi connectivity index (χ0n) is 22.7. The van der Waals surface area contributed by atoms with E-state index in [0.29, 0.717) is 49.2 Å². The Morgan fingerprint density at radius 1 is 1.08 bits per heavy atom. The van der Waals surface area contributed by atoms with Crippen molar-refractivity contribution in [2.45, 2.75) is 61.1 Å². The molecule has 4 N–H and O–H groups in total. The molecular weight excluding hydrogens is 557 g/mol. The first-order valence-corrected chi connectivity index (χ1v) is 16.5. The van der Waals surface area contributed by atoms with E-state index in [4.69, 9.17) is 0 Å². The molecule has 1 aromatic heterocycles. The molecule has 1 aliphatic carbocycles. The van der Waals surface area contributed by atoms with Gasteiger partial charge in [-0.1, -0.05) is 31.5 Å². The number of Topliss-reactive ketones (excluding diaryl/α,β-unsaturated/α-hetero) is 1. The molecule has 0 unspecified atom stereocenters. The summed E-state index contributed by atoms with van der Waals surface area (Å²) in [5.74, 6) is -0.638. The van der Waals surface area contributed by atoms with E-state index in [9.17, 15) is 22.8 Å². The number of thiophene rings is 1. The van der Waals surface area contributed by atoms with Crippen molar-refractivity contribution in [1.82, 2.24) is 20.7 Å². The number of rotatable bonds is 9. The van der Waals surface area contributed by atoms with E-state index >= 15 is 0 Å². The second kappa shape index (κ2) is 11.7. The average molecular weight is 593 g/mol. The Morgan fingerprint density at radius 3 is 2.38 bits per heavy atom. The van der Waals surface area contributed by atoms with Gasteiger partial charge in [-0.05, 0) is 68.6 Å². The fraction of sp³-hybridized carbons (Fsp3) is 0.519. The Kier molecular flexibility index (Phi) is 8.92. The van der Waals surface area contributed by atoms with Crippen LogP contribution in [-0.4, -0.2) is 64.0 Å². The molecule has 12 heteroatoms. The third kappa shape index (κ3) is 6.57. The number of fused-ring (bicyclic) bond motifs is 1. The van der Waals surface area contributed by atoms with Crippen LogP contribution in [-0.2, 0) is 21.2 Å². The average Bonchev–Trinajstić information content (AvgIpc) is 3.25. The first-order valence-electron chi connectivity index (χ1n) is 13.0. The zero-order chi connectivity index (χ0) is 28.4. The molecule has 4 rings (SSSR count). The van der Waals surface area contributed by atoms with Gasteiger partial charge in [-0.25, -0.2) is 13.1 Å². The number of carbonyl (C=O) groups is 3. The first-order chi connectivity index (χ1) is 18.4. The summed E-state index contributed by atoms with van der Waals surface area (Å²) in [4.78, 5) is 40.7. The molecule has 2 aromatic rings. The minimum Gasteiger partial charge on any atom is -0.353 e. The SMILES string of the molecule is CSc1sc(C(=O)NC2(C(=O)NCCNS(=O)(=O)c3ccc(C)cc3)CCNCC2)c2c1C(=O)CC(C)(C)C2. The van der Waals surface area contributed by atoms with Gasteiger partial charge in [0.25, 0.3) is 5.91 Å². The van der Waals surface area contributed by atoms with E-state index < -0.39 is 15.6 Å². The van der Waals surface area contributed by atoms with Crippen LogP contribution in [0.15, 0.2) is 33.4 Å². The maximum Gasteiger partial charge on any atom is 0.262 e. The van der Waals surface area contributed by atoms with Gasteiger partial charge >= 0.3 is 0 Å². The second-order valence-corrected chi connectivity index (χ2v) is 14.8. The summed E-state index contributed by atoms with van der Waals surface area (Å²) >= 11 is 2.78. The highest BCUT2D eigenvalue weighted by Gasteiger charge is 2.43. The number of ketones is 1. The van der Waals surface area contributed by atoms with Crippen LogP contribution in [0.25, 0.3) is 0 Å². The van der Waals surface area contributed by atoms with Gasteiger partial charge in [0.05, 0.1) is 14.0 Å². The van der Waals surface area contributed by atoms with E-state index in [1.165, 1.54) is 35.2 Å². The molecule has 2 amide bonds. The molecule has 0 bridgehead atoms. The van der Waals surface area contributed by atoms with Gasteiger partial charge in [-0.3, -0.25) is 14.4 Å². The number of aryl methyl sites for hydroxylation is 1. The smallest absolute Gasteiger partial charge is 0.262 e. The molecule has 0 spiro atoms. The highest BCUT2D eigenvalue weighted by atomic mass is 32.2. The van der Waals surface area contributed by atoms with Crippen molar-refractivity contribution in [1.29, 1.82) is 0 Å².